The predicted octanol–water partition coefficient (Wildman–Crippen LogP) is 13.0. The molecule has 3 aliphatic carbocycles. The maximum Gasteiger partial charge on any atom is 0.118 e. The van der Waals surface area contributed by atoms with Gasteiger partial charge in [0.1, 0.15) is 5.82 Å². The van der Waals surface area contributed by atoms with Crippen molar-refractivity contribution in [3.8, 4) is 0 Å². The van der Waals surface area contributed by atoms with Crippen LogP contribution < -0.4 is 9.80 Å². The summed E-state index contributed by atoms with van der Waals surface area (Å²) >= 11 is 0. The lowest BCUT2D eigenvalue weighted by Crippen LogP contribution is -2.35. The van der Waals surface area contributed by atoms with E-state index in [0.717, 1.165) is 30.8 Å². The Kier molecular flexibility index (Phi) is 11.1. The normalized spacial score (nSPS) is 20.9. The molecule has 0 bridgehead atoms. The van der Waals surface area contributed by atoms with Gasteiger partial charge in [0.15, 0.2) is 0 Å². The lowest BCUT2D eigenvalue weighted by molar-refractivity contribution is 0.479. The smallest absolute Gasteiger partial charge is 0.118 e. The summed E-state index contributed by atoms with van der Waals surface area (Å²) in [6.45, 7) is 16.0. The zero-order valence-corrected chi connectivity index (χ0v) is 32.8. The zero-order valence-electron chi connectivity index (χ0n) is 32.0. The van der Waals surface area contributed by atoms with E-state index in [1.165, 1.54) is 139 Å². The number of allylic oxidation sites excluding steroid dienone is 2. The van der Waals surface area contributed by atoms with Gasteiger partial charge in [-0.1, -0.05) is 112 Å². The van der Waals surface area contributed by atoms with E-state index in [1.54, 1.807) is 5.57 Å². The minimum absolute atomic E-state index is 0.165. The molecule has 1 unspecified atom stereocenters. The van der Waals surface area contributed by atoms with Crippen LogP contribution in [0.1, 0.15) is 122 Å². The van der Waals surface area contributed by atoms with Crippen LogP contribution in [-0.2, 0) is 0 Å². The molecule has 4 aliphatic rings. The lowest BCUT2D eigenvalue weighted by Gasteiger charge is -2.47. The first-order valence-electron chi connectivity index (χ1n) is 20.0. The van der Waals surface area contributed by atoms with Crippen molar-refractivity contribution in [2.75, 3.05) is 22.9 Å². The van der Waals surface area contributed by atoms with Crippen LogP contribution in [-0.4, -0.2) is 30.1 Å². The van der Waals surface area contributed by atoms with Crippen molar-refractivity contribution < 1.29 is 0 Å². The molecule has 1 atom stereocenters. The summed E-state index contributed by atoms with van der Waals surface area (Å²) in [4.78, 5) is 5.58. The van der Waals surface area contributed by atoms with E-state index in [0.29, 0.717) is 5.66 Å². The maximum atomic E-state index is 4.07. The lowest BCUT2D eigenvalue weighted by atomic mass is 9.88. The van der Waals surface area contributed by atoms with E-state index >= 15 is 0 Å². The fraction of sp³-hybridized carbons (Fsp3) is 0.511. The Morgan fingerprint density at radius 3 is 1.56 bits per heavy atom. The highest BCUT2D eigenvalue weighted by molar-refractivity contribution is 7.60. The minimum atomic E-state index is -0.165. The first-order valence-corrected chi connectivity index (χ1v) is 21.6. The number of aryl methyl sites for hydroxylation is 6. The number of hydrogen-bond acceptors (Lipinski definition) is 2. The van der Waals surface area contributed by atoms with Crippen molar-refractivity contribution in [2.24, 2.45) is 0 Å². The van der Waals surface area contributed by atoms with Crippen molar-refractivity contribution in [1.82, 2.24) is 0 Å². The molecule has 0 radical (unpaired) electrons. The van der Waals surface area contributed by atoms with Crippen molar-refractivity contribution in [3.05, 3.63) is 116 Å². The van der Waals surface area contributed by atoms with Crippen LogP contribution in [0.2, 0.25) is 0 Å². The number of anilines is 2. The fourth-order valence-electron chi connectivity index (χ4n) is 10.4. The van der Waals surface area contributed by atoms with Crippen molar-refractivity contribution in [3.63, 3.8) is 0 Å². The summed E-state index contributed by atoms with van der Waals surface area (Å²) in [5.41, 5.74) is 22.1. The maximum absolute atomic E-state index is 4.07. The minimum Gasteiger partial charge on any atom is -0.325 e. The third-order valence-electron chi connectivity index (χ3n) is 12.2. The second-order valence-corrected chi connectivity index (χ2v) is 19.1. The molecule has 1 aliphatic heterocycles. The van der Waals surface area contributed by atoms with Crippen LogP contribution in [0.4, 0.5) is 11.4 Å². The van der Waals surface area contributed by atoms with Gasteiger partial charge in [-0.05, 0) is 132 Å². The van der Waals surface area contributed by atoms with E-state index in [-0.39, 0.29) is 7.92 Å². The molecule has 7 rings (SSSR count). The Labute approximate surface area is 305 Å². The Hall–Kier alpha value is -3.05. The standard InChI is InChI=1S/C47H61N2P/c1-33-29-35(3)45(36(4)30-33)48-27-28-49(46-37(5)31-34(2)32-38(46)6)47(48)44-40(26-25-39-17-10-7-11-18-39)19-16-24-43(44)50(41-20-12-8-13-21-41)42-22-14-9-15-23-42/h7,10-11,17-18,25,29-32,41-43H,8-9,12-16,19-24,27-28H2,1-6H3. The number of hydrogen-bond donors (Lipinski definition) is 0. The van der Waals surface area contributed by atoms with E-state index in [2.05, 4.69) is 118 Å². The highest BCUT2D eigenvalue weighted by Gasteiger charge is 2.44. The predicted molar refractivity (Wildman–Crippen MR) is 219 cm³/mol. The second-order valence-electron chi connectivity index (χ2n) is 16.2. The van der Waals surface area contributed by atoms with Gasteiger partial charge in [0.25, 0.3) is 0 Å². The Balaban J connectivity index is 1.52. The monoisotopic (exact) mass is 684 g/mol. The first kappa shape index (κ1) is 35.4. The van der Waals surface area contributed by atoms with Gasteiger partial charge in [0.05, 0.1) is 0 Å². The number of rotatable bonds is 6. The third-order valence-corrected chi connectivity index (χ3v) is 16.2. The van der Waals surface area contributed by atoms with E-state index in [4.69, 9.17) is 0 Å². The van der Waals surface area contributed by atoms with Crippen LogP contribution in [0.3, 0.4) is 0 Å². The molecule has 0 amide bonds. The van der Waals surface area contributed by atoms with Gasteiger partial charge in [-0.25, -0.2) is 0 Å². The van der Waals surface area contributed by atoms with Crippen LogP contribution in [0.25, 0.3) is 6.08 Å². The zero-order chi connectivity index (χ0) is 34.8. The summed E-state index contributed by atoms with van der Waals surface area (Å²) < 4.78 is 0. The molecule has 3 heteroatoms. The molecule has 0 N–H and O–H groups in total. The Morgan fingerprint density at radius 2 is 1.08 bits per heavy atom. The van der Waals surface area contributed by atoms with Crippen LogP contribution in [0.5, 0.6) is 0 Å². The average molecular weight is 685 g/mol. The molecule has 0 spiro atoms. The van der Waals surface area contributed by atoms with Crippen LogP contribution in [0.15, 0.2) is 77.3 Å². The van der Waals surface area contributed by atoms with Crippen molar-refractivity contribution in [1.29, 1.82) is 0 Å². The quantitative estimate of drug-likeness (QED) is 0.188. The summed E-state index contributed by atoms with van der Waals surface area (Å²) in [7, 11) is -0.165. The third kappa shape index (κ3) is 7.31. The molecule has 3 aromatic rings. The molecule has 3 saturated carbocycles. The van der Waals surface area contributed by atoms with Crippen molar-refractivity contribution >= 4 is 25.4 Å². The highest BCUT2D eigenvalue weighted by Crippen LogP contribution is 2.64. The number of nitrogens with zero attached hydrogens (tertiary/aromatic N) is 2. The Bertz CT molecular complexity index is 1630. The van der Waals surface area contributed by atoms with Gasteiger partial charge >= 0.3 is 0 Å². The molecule has 50 heavy (non-hydrogen) atoms. The molecule has 4 fully saturated rings. The molecule has 264 valence electrons. The molecule has 1 heterocycles. The molecule has 0 aromatic heterocycles. The van der Waals surface area contributed by atoms with Crippen molar-refractivity contribution in [2.45, 2.75) is 142 Å². The van der Waals surface area contributed by atoms with E-state index in [9.17, 15) is 0 Å². The van der Waals surface area contributed by atoms with E-state index < -0.39 is 0 Å². The molecule has 3 aromatic carbocycles. The van der Waals surface area contributed by atoms with Gasteiger partial charge in [-0.3, -0.25) is 0 Å². The van der Waals surface area contributed by atoms with Gasteiger partial charge in [-0.2, -0.15) is 0 Å². The van der Waals surface area contributed by atoms with Crippen LogP contribution >= 0.6 is 7.92 Å². The molecular weight excluding hydrogens is 624 g/mol. The van der Waals surface area contributed by atoms with Gasteiger partial charge < -0.3 is 9.80 Å². The molecule has 2 nitrogen and oxygen atoms in total. The molecule has 1 saturated heterocycles. The summed E-state index contributed by atoms with van der Waals surface area (Å²) in [5.74, 6) is 1.49. The average Bonchev–Trinajstić information content (AvgIpc) is 3.51. The van der Waals surface area contributed by atoms with Gasteiger partial charge in [-0.15, -0.1) is 5.73 Å². The van der Waals surface area contributed by atoms with Gasteiger partial charge in [0.2, 0.25) is 0 Å². The summed E-state index contributed by atoms with van der Waals surface area (Å²) in [6.07, 6.45) is 20.5. The van der Waals surface area contributed by atoms with Gasteiger partial charge in [0, 0.05) is 41.3 Å². The van der Waals surface area contributed by atoms with Crippen LogP contribution in [0, 0.1) is 41.5 Å². The Morgan fingerprint density at radius 1 is 0.600 bits per heavy atom. The SMILES string of the molecule is Cc1cc(C)c(N2CCN(c3c(C)cc(C)cc3C)C2=C2C(=C=Cc3ccccc3)CCCC2P(C2CCCCC2)C2CCCCC2)c(C)c1. The summed E-state index contributed by atoms with van der Waals surface area (Å²) in [6, 6.07) is 20.6. The highest BCUT2D eigenvalue weighted by atomic mass is 31.1. The second kappa shape index (κ2) is 15.7. The summed E-state index contributed by atoms with van der Waals surface area (Å²) in [5, 5.41) is 0. The largest absolute Gasteiger partial charge is 0.325 e. The topological polar surface area (TPSA) is 6.48 Å². The first-order chi connectivity index (χ1) is 24.3. The number of benzene rings is 3. The van der Waals surface area contributed by atoms with E-state index in [1.807, 2.05) is 0 Å². The molecular formula is C47H61N2P. The fourth-order valence-corrected chi connectivity index (χ4v) is 15.0.